The highest BCUT2D eigenvalue weighted by Crippen LogP contribution is 2.29. The van der Waals surface area contributed by atoms with Gasteiger partial charge in [0, 0.05) is 18.3 Å². The molecule has 1 aromatic heterocycles. The topological polar surface area (TPSA) is 91.1 Å². The molecule has 5 nitrogen and oxygen atoms in total. The van der Waals surface area contributed by atoms with Gasteiger partial charge in [0.1, 0.15) is 5.75 Å². The Morgan fingerprint density at radius 1 is 1.56 bits per heavy atom. The van der Waals surface area contributed by atoms with E-state index in [1.807, 2.05) is 19.9 Å². The summed E-state index contributed by atoms with van der Waals surface area (Å²) in [5, 5.41) is 13.2. The monoisotopic (exact) mass is 247 g/mol. The van der Waals surface area contributed by atoms with Gasteiger partial charge in [0.05, 0.1) is 16.5 Å². The Bertz CT molecular complexity index is 589. The van der Waals surface area contributed by atoms with Gasteiger partial charge in [-0.3, -0.25) is 4.79 Å². The molecule has 0 fully saturated rings. The molecule has 5 heteroatoms. The van der Waals surface area contributed by atoms with Gasteiger partial charge in [0.2, 0.25) is 0 Å². The maximum absolute atomic E-state index is 12.2. The number of nitrogens with one attached hydrogen (secondary N) is 2. The molecule has 0 aliphatic heterocycles. The fourth-order valence-corrected chi connectivity index (χ4v) is 2.00. The van der Waals surface area contributed by atoms with Crippen molar-refractivity contribution in [3.63, 3.8) is 0 Å². The van der Waals surface area contributed by atoms with Gasteiger partial charge in [-0.1, -0.05) is 6.07 Å². The summed E-state index contributed by atoms with van der Waals surface area (Å²) in [7, 11) is 0. The minimum atomic E-state index is -0.224. The lowest BCUT2D eigenvalue weighted by Gasteiger charge is -2.11. The van der Waals surface area contributed by atoms with Crippen LogP contribution in [-0.4, -0.2) is 28.6 Å². The number of H-pyrrole nitrogens is 1. The van der Waals surface area contributed by atoms with Crippen molar-refractivity contribution in [2.45, 2.75) is 19.9 Å². The van der Waals surface area contributed by atoms with Crippen LogP contribution < -0.4 is 11.1 Å². The summed E-state index contributed by atoms with van der Waals surface area (Å²) in [6.07, 6.45) is 0. The number of phenolic OH excluding ortho intramolecular Hbond substituents is 1. The quantitative estimate of drug-likeness (QED) is 0.658. The summed E-state index contributed by atoms with van der Waals surface area (Å²) in [5.41, 5.74) is 7.44. The van der Waals surface area contributed by atoms with E-state index in [1.54, 1.807) is 12.1 Å². The highest BCUT2D eigenvalue weighted by Gasteiger charge is 2.19. The molecule has 1 aromatic carbocycles. The van der Waals surface area contributed by atoms with Gasteiger partial charge in [-0.2, -0.15) is 0 Å². The molecule has 1 amide bonds. The molecule has 0 aliphatic rings. The number of fused-ring (bicyclic) bond motifs is 1. The number of amides is 1. The van der Waals surface area contributed by atoms with Gasteiger partial charge in [-0.25, -0.2) is 0 Å². The van der Waals surface area contributed by atoms with Gasteiger partial charge >= 0.3 is 0 Å². The van der Waals surface area contributed by atoms with Crippen LogP contribution in [0.3, 0.4) is 0 Å². The predicted octanol–water partition coefficient (Wildman–Crippen LogP) is 1.26. The summed E-state index contributed by atoms with van der Waals surface area (Å²) in [4.78, 5) is 15.3. The Labute approximate surface area is 105 Å². The van der Waals surface area contributed by atoms with Gasteiger partial charge in [0.15, 0.2) is 0 Å². The molecule has 0 saturated carbocycles. The number of aryl methyl sites for hydroxylation is 1. The highest BCUT2D eigenvalue weighted by molar-refractivity contribution is 6.10. The molecule has 18 heavy (non-hydrogen) atoms. The van der Waals surface area contributed by atoms with Crippen molar-refractivity contribution in [3.8, 4) is 5.75 Å². The van der Waals surface area contributed by atoms with E-state index in [0.29, 0.717) is 17.5 Å². The van der Waals surface area contributed by atoms with Crippen molar-refractivity contribution >= 4 is 16.8 Å². The number of nitrogens with two attached hydrogens (primary N) is 1. The SMILES string of the molecule is Cc1[nH]c2cccc(O)c2c1C(=O)NC(C)CN. The molecule has 0 spiro atoms. The van der Waals surface area contributed by atoms with Crippen molar-refractivity contribution in [2.75, 3.05) is 6.54 Å². The Hall–Kier alpha value is -2.01. The maximum Gasteiger partial charge on any atom is 0.254 e. The van der Waals surface area contributed by atoms with E-state index in [-0.39, 0.29) is 17.7 Å². The van der Waals surface area contributed by atoms with E-state index in [1.165, 1.54) is 0 Å². The van der Waals surface area contributed by atoms with Crippen molar-refractivity contribution < 1.29 is 9.90 Å². The molecule has 0 bridgehead atoms. The van der Waals surface area contributed by atoms with Crippen LogP contribution in [0.5, 0.6) is 5.75 Å². The van der Waals surface area contributed by atoms with E-state index in [0.717, 1.165) is 11.2 Å². The van der Waals surface area contributed by atoms with Crippen LogP contribution in [0.4, 0.5) is 0 Å². The standard InChI is InChI=1S/C13H17N3O2/c1-7(6-14)15-13(18)11-8(2)16-9-4-3-5-10(17)12(9)11/h3-5,7,16-17H,6,14H2,1-2H3,(H,15,18). The van der Waals surface area contributed by atoms with Crippen LogP contribution in [0, 0.1) is 6.92 Å². The number of aromatic amines is 1. The molecular weight excluding hydrogens is 230 g/mol. The van der Waals surface area contributed by atoms with Crippen molar-refractivity contribution in [3.05, 3.63) is 29.5 Å². The summed E-state index contributed by atoms with van der Waals surface area (Å²) < 4.78 is 0. The van der Waals surface area contributed by atoms with Crippen molar-refractivity contribution in [2.24, 2.45) is 5.73 Å². The molecule has 0 radical (unpaired) electrons. The summed E-state index contributed by atoms with van der Waals surface area (Å²) in [6, 6.07) is 5.02. The second-order valence-electron chi connectivity index (χ2n) is 4.43. The minimum absolute atomic E-state index is 0.0994. The third-order valence-electron chi connectivity index (χ3n) is 2.95. The fourth-order valence-electron chi connectivity index (χ4n) is 2.00. The number of carbonyl (C=O) groups excluding carboxylic acids is 1. The first-order valence-electron chi connectivity index (χ1n) is 5.85. The Morgan fingerprint density at radius 3 is 2.94 bits per heavy atom. The zero-order chi connectivity index (χ0) is 13.3. The van der Waals surface area contributed by atoms with E-state index < -0.39 is 0 Å². The lowest BCUT2D eigenvalue weighted by atomic mass is 10.1. The largest absolute Gasteiger partial charge is 0.507 e. The zero-order valence-electron chi connectivity index (χ0n) is 10.4. The first-order chi connectivity index (χ1) is 8.54. The number of hydrogen-bond donors (Lipinski definition) is 4. The molecule has 96 valence electrons. The second-order valence-corrected chi connectivity index (χ2v) is 4.43. The van der Waals surface area contributed by atoms with Crippen LogP contribution >= 0.6 is 0 Å². The predicted molar refractivity (Wildman–Crippen MR) is 70.7 cm³/mol. The number of carbonyl (C=O) groups is 1. The lowest BCUT2D eigenvalue weighted by molar-refractivity contribution is 0.0942. The van der Waals surface area contributed by atoms with Crippen LogP contribution in [0.1, 0.15) is 23.0 Å². The number of rotatable bonds is 3. The molecule has 2 aromatic rings. The smallest absolute Gasteiger partial charge is 0.254 e. The molecule has 1 unspecified atom stereocenters. The maximum atomic E-state index is 12.2. The Kier molecular flexibility index (Phi) is 3.25. The molecule has 1 heterocycles. The van der Waals surface area contributed by atoms with E-state index in [9.17, 15) is 9.90 Å². The molecular formula is C13H17N3O2. The number of aromatic nitrogens is 1. The average molecular weight is 247 g/mol. The minimum Gasteiger partial charge on any atom is -0.507 e. The van der Waals surface area contributed by atoms with Gasteiger partial charge in [-0.15, -0.1) is 0 Å². The first-order valence-corrected chi connectivity index (χ1v) is 5.85. The summed E-state index contributed by atoms with van der Waals surface area (Å²) in [5.74, 6) is -0.124. The van der Waals surface area contributed by atoms with Crippen LogP contribution in [0.2, 0.25) is 0 Å². The van der Waals surface area contributed by atoms with E-state index >= 15 is 0 Å². The first kappa shape index (κ1) is 12.4. The van der Waals surface area contributed by atoms with Crippen LogP contribution in [0.15, 0.2) is 18.2 Å². The van der Waals surface area contributed by atoms with Gasteiger partial charge in [0.25, 0.3) is 5.91 Å². The summed E-state index contributed by atoms with van der Waals surface area (Å²) in [6.45, 7) is 4.02. The van der Waals surface area contributed by atoms with Crippen molar-refractivity contribution in [1.82, 2.24) is 10.3 Å². The van der Waals surface area contributed by atoms with Crippen LogP contribution in [0.25, 0.3) is 10.9 Å². The highest BCUT2D eigenvalue weighted by atomic mass is 16.3. The molecule has 2 rings (SSSR count). The zero-order valence-corrected chi connectivity index (χ0v) is 10.4. The van der Waals surface area contributed by atoms with Crippen molar-refractivity contribution in [1.29, 1.82) is 0 Å². The van der Waals surface area contributed by atoms with Gasteiger partial charge < -0.3 is 21.1 Å². The third kappa shape index (κ3) is 2.04. The fraction of sp³-hybridized carbons (Fsp3) is 0.308. The third-order valence-corrected chi connectivity index (χ3v) is 2.95. The average Bonchev–Trinajstić information content (AvgIpc) is 2.66. The number of benzene rings is 1. The Balaban J connectivity index is 2.50. The summed E-state index contributed by atoms with van der Waals surface area (Å²) >= 11 is 0. The number of hydrogen-bond acceptors (Lipinski definition) is 3. The van der Waals surface area contributed by atoms with E-state index in [4.69, 9.17) is 5.73 Å². The van der Waals surface area contributed by atoms with E-state index in [2.05, 4.69) is 10.3 Å². The lowest BCUT2D eigenvalue weighted by Crippen LogP contribution is -2.37. The molecule has 0 saturated heterocycles. The Morgan fingerprint density at radius 2 is 2.28 bits per heavy atom. The van der Waals surface area contributed by atoms with Gasteiger partial charge in [-0.05, 0) is 26.0 Å². The molecule has 5 N–H and O–H groups in total. The normalized spacial score (nSPS) is 12.6. The molecule has 1 atom stereocenters. The second kappa shape index (κ2) is 4.70. The number of phenols is 1. The van der Waals surface area contributed by atoms with Crippen LogP contribution in [-0.2, 0) is 0 Å². The molecule has 0 aliphatic carbocycles. The number of aromatic hydroxyl groups is 1.